The summed E-state index contributed by atoms with van der Waals surface area (Å²) in [7, 11) is 9.53. The summed E-state index contributed by atoms with van der Waals surface area (Å²) in [5.74, 6) is -2.70. The Morgan fingerprint density at radius 3 is 1.30 bits per heavy atom. The number of hydrogen-bond acceptors (Lipinski definition) is 3. The van der Waals surface area contributed by atoms with E-state index in [9.17, 15) is 17.6 Å². The van der Waals surface area contributed by atoms with E-state index in [0.717, 1.165) is 24.3 Å². The van der Waals surface area contributed by atoms with Gasteiger partial charge in [-0.2, -0.15) is 0 Å². The van der Waals surface area contributed by atoms with Crippen molar-refractivity contribution in [1.29, 1.82) is 0 Å². The van der Waals surface area contributed by atoms with Gasteiger partial charge in [0.15, 0.2) is 23.3 Å². The van der Waals surface area contributed by atoms with Gasteiger partial charge < -0.3 is 4.42 Å². The maximum atomic E-state index is 13.7. The molecule has 0 amide bonds. The van der Waals surface area contributed by atoms with Crippen molar-refractivity contribution in [2.45, 2.75) is 13.8 Å². The topological polar surface area (TPSA) is 37.9 Å². The van der Waals surface area contributed by atoms with Crippen LogP contribution in [0.5, 0.6) is 0 Å². The molecule has 160 valence electrons. The first kappa shape index (κ1) is 24.2. The molecule has 0 unspecified atom stereocenters. The summed E-state index contributed by atoms with van der Waals surface area (Å²) in [6, 6.07) is 9.95. The van der Waals surface area contributed by atoms with Gasteiger partial charge in [-0.1, -0.05) is 12.1 Å². The molecule has 10 heteroatoms. The number of aliphatic imine (C=N–C) groups is 2. The van der Waals surface area contributed by atoms with Gasteiger partial charge in [-0.25, -0.2) is 27.5 Å². The Kier molecular flexibility index (Phi) is 9.11. The summed E-state index contributed by atoms with van der Waals surface area (Å²) < 4.78 is 60.4. The van der Waals surface area contributed by atoms with E-state index in [1.54, 1.807) is 0 Å². The Hall–Kier alpha value is -2.12. The van der Waals surface area contributed by atoms with Crippen LogP contribution in [0.1, 0.15) is 25.4 Å². The number of rotatable bonds is 4. The van der Waals surface area contributed by atoms with Crippen molar-refractivity contribution >= 4 is 43.0 Å². The summed E-state index contributed by atoms with van der Waals surface area (Å²) in [6.45, 7) is 3.05. The van der Waals surface area contributed by atoms with Crippen LogP contribution in [-0.2, 0) is 13.1 Å². The molecule has 0 radical (unpaired) electrons. The fraction of sp³-hybridized carbons (Fsp3) is 0.100. The van der Waals surface area contributed by atoms with Crippen LogP contribution in [0, 0.1) is 23.3 Å². The molecule has 1 aromatic heterocycles. The number of halogens is 6. The Bertz CT molecular complexity index is 964. The zero-order chi connectivity index (χ0) is 22.3. The molecule has 0 saturated carbocycles. The third kappa shape index (κ3) is 6.19. The van der Waals surface area contributed by atoms with Gasteiger partial charge in [-0.05, 0) is 50.2 Å². The molecule has 1 heterocycles. The van der Waals surface area contributed by atoms with Crippen molar-refractivity contribution in [2.75, 3.05) is 0 Å². The summed E-state index contributed by atoms with van der Waals surface area (Å²) in [5, 5.41) is 0. The molecule has 3 aromatic rings. The first-order valence-corrected chi connectivity index (χ1v) is 11.3. The fourth-order valence-corrected chi connectivity index (χ4v) is 2.36. The number of hydrogen-bond donors (Lipinski definition) is 0. The standard InChI is InChI=1S/C20H14F4N2O.2ClH.Fe/c1-11(25-19-13(21)5-3-6-14(19)22)17-9-10-18(27-17)12(2)26-20-15(23)7-4-8-16(20)24;;;/h3-10H,1-2H3;2*1H;/q;;;+2/p-2. The van der Waals surface area contributed by atoms with E-state index in [4.69, 9.17) is 24.6 Å². The molecule has 30 heavy (non-hydrogen) atoms. The molecule has 0 fully saturated rings. The van der Waals surface area contributed by atoms with Crippen LogP contribution in [0.2, 0.25) is 0 Å². The molecular formula is C20H14Cl2F4FeN2O. The van der Waals surface area contributed by atoms with Crippen molar-refractivity contribution in [2.24, 2.45) is 9.98 Å². The van der Waals surface area contributed by atoms with E-state index in [-0.39, 0.29) is 36.1 Å². The van der Waals surface area contributed by atoms with Crippen LogP contribution >= 0.6 is 20.2 Å². The zero-order valence-electron chi connectivity index (χ0n) is 15.5. The Balaban J connectivity index is 0.00000101. The molecule has 0 N–H and O–H groups in total. The molecule has 0 aliphatic rings. The molecule has 0 bridgehead atoms. The maximum absolute atomic E-state index is 13.7. The average molecular weight is 501 g/mol. The second-order valence-electron chi connectivity index (χ2n) is 5.75. The number of nitrogens with zero attached hydrogens (tertiary/aromatic N) is 2. The number of furan rings is 1. The summed E-state index contributed by atoms with van der Waals surface area (Å²) in [4.78, 5) is 7.85. The predicted octanol–water partition coefficient (Wildman–Crippen LogP) is 7.49. The van der Waals surface area contributed by atoms with Crippen LogP contribution in [-0.4, -0.2) is 11.4 Å². The van der Waals surface area contributed by atoms with Gasteiger partial charge in [0.05, 0.1) is 11.4 Å². The summed E-state index contributed by atoms with van der Waals surface area (Å²) in [6.07, 6.45) is 0. The Morgan fingerprint density at radius 2 is 1.00 bits per heavy atom. The first-order valence-electron chi connectivity index (χ1n) is 8.22. The van der Waals surface area contributed by atoms with Crippen molar-refractivity contribution in [3.63, 3.8) is 0 Å². The van der Waals surface area contributed by atoms with Crippen LogP contribution in [0.15, 0.2) is 62.9 Å². The summed E-state index contributed by atoms with van der Waals surface area (Å²) in [5.41, 5.74) is -0.385. The fourth-order valence-electron chi connectivity index (χ4n) is 2.36. The molecule has 3 rings (SSSR count). The van der Waals surface area contributed by atoms with E-state index >= 15 is 0 Å². The van der Waals surface area contributed by atoms with Crippen molar-refractivity contribution < 1.29 is 35.1 Å². The quantitative estimate of drug-likeness (QED) is 0.207. The third-order valence-electron chi connectivity index (χ3n) is 3.75. The van der Waals surface area contributed by atoms with E-state index in [0.29, 0.717) is 0 Å². The van der Waals surface area contributed by atoms with Gasteiger partial charge >= 0.3 is 33.3 Å². The number of benzene rings is 2. The molecule has 0 atom stereocenters. The zero-order valence-corrected chi connectivity index (χ0v) is 18.2. The average Bonchev–Trinajstić information content (AvgIpc) is 3.19. The normalized spacial score (nSPS) is 12.0. The van der Waals surface area contributed by atoms with Crippen molar-refractivity contribution in [3.05, 3.63) is 83.3 Å². The minimum atomic E-state index is -0.797. The van der Waals surface area contributed by atoms with Crippen LogP contribution in [0.25, 0.3) is 0 Å². The van der Waals surface area contributed by atoms with Gasteiger partial charge in [0.25, 0.3) is 0 Å². The van der Waals surface area contributed by atoms with Crippen LogP contribution in [0.4, 0.5) is 28.9 Å². The SMILES string of the molecule is CC(=Nc1c(F)cccc1F)c1ccc(C(C)=Nc2c(F)cccc2F)o1.[Cl][Fe][Cl]. The van der Waals surface area contributed by atoms with Gasteiger partial charge in [0.2, 0.25) is 0 Å². The van der Waals surface area contributed by atoms with Crippen LogP contribution < -0.4 is 0 Å². The van der Waals surface area contributed by atoms with E-state index in [1.165, 1.54) is 38.1 Å². The predicted molar refractivity (Wildman–Crippen MR) is 107 cm³/mol. The van der Waals surface area contributed by atoms with Gasteiger partial charge in [-0.3, -0.25) is 0 Å². The molecule has 0 aliphatic carbocycles. The monoisotopic (exact) mass is 500 g/mol. The third-order valence-corrected chi connectivity index (χ3v) is 3.75. The van der Waals surface area contributed by atoms with E-state index in [1.807, 2.05) is 0 Å². The molecule has 0 spiro atoms. The second kappa shape index (κ2) is 11.3. The summed E-state index contributed by atoms with van der Waals surface area (Å²) >= 11 is 0.194. The van der Waals surface area contributed by atoms with Gasteiger partial charge in [-0.15, -0.1) is 0 Å². The van der Waals surface area contributed by atoms with E-state index < -0.39 is 34.6 Å². The Morgan fingerprint density at radius 1 is 0.700 bits per heavy atom. The second-order valence-corrected chi connectivity index (χ2v) is 7.57. The van der Waals surface area contributed by atoms with Crippen molar-refractivity contribution in [3.8, 4) is 0 Å². The Labute approximate surface area is 185 Å². The first-order chi connectivity index (χ1) is 14.3. The van der Waals surface area contributed by atoms with Crippen molar-refractivity contribution in [1.82, 2.24) is 0 Å². The molecule has 0 aliphatic heterocycles. The van der Waals surface area contributed by atoms with E-state index in [2.05, 4.69) is 9.98 Å². The van der Waals surface area contributed by atoms with Gasteiger partial charge in [0, 0.05) is 0 Å². The van der Waals surface area contributed by atoms with Crippen LogP contribution in [0.3, 0.4) is 0 Å². The molecular weight excluding hydrogens is 487 g/mol. The minimum absolute atomic E-state index is 0.194. The number of para-hydroxylation sites is 2. The molecule has 3 nitrogen and oxygen atoms in total. The van der Waals surface area contributed by atoms with Gasteiger partial charge in [0.1, 0.15) is 22.9 Å². The molecule has 0 saturated heterocycles. The molecule has 2 aromatic carbocycles.